The Kier molecular flexibility index (Phi) is 4.27. The number of nitrogens with zero attached hydrogens (tertiary/aromatic N) is 2. The number of hydrogen-bond donors (Lipinski definition) is 2. The Morgan fingerprint density at radius 1 is 1.44 bits per heavy atom. The monoisotopic (exact) mass is 250 g/mol. The van der Waals surface area contributed by atoms with Crippen molar-refractivity contribution in [1.82, 2.24) is 9.97 Å². The number of nitrogens with one attached hydrogen (secondary N) is 1. The highest BCUT2D eigenvalue weighted by Gasteiger charge is 2.24. The van der Waals surface area contributed by atoms with Crippen LogP contribution in [0.15, 0.2) is 6.07 Å². The zero-order valence-corrected chi connectivity index (χ0v) is 11.7. The van der Waals surface area contributed by atoms with Crippen LogP contribution in [-0.4, -0.2) is 22.4 Å². The van der Waals surface area contributed by atoms with E-state index in [0.29, 0.717) is 6.54 Å². The molecule has 0 saturated carbocycles. The third kappa shape index (κ3) is 3.68. The molecule has 0 radical (unpaired) electrons. The van der Waals surface area contributed by atoms with E-state index in [-0.39, 0.29) is 11.8 Å². The number of hydrogen-bond acceptors (Lipinski definition) is 4. The van der Waals surface area contributed by atoms with Crippen molar-refractivity contribution in [2.45, 2.75) is 40.5 Å². The van der Waals surface area contributed by atoms with Gasteiger partial charge in [0.15, 0.2) is 0 Å². The van der Waals surface area contributed by atoms with E-state index in [1.54, 1.807) is 13.8 Å². The maximum atomic E-state index is 11.2. The van der Waals surface area contributed by atoms with E-state index in [4.69, 9.17) is 5.73 Å². The first-order chi connectivity index (χ1) is 8.22. The fraction of sp³-hybridized carbons (Fsp3) is 0.615. The maximum Gasteiger partial charge on any atom is 0.224 e. The highest BCUT2D eigenvalue weighted by molar-refractivity contribution is 5.80. The summed E-state index contributed by atoms with van der Waals surface area (Å²) in [7, 11) is 0. The molecule has 1 amide bonds. The molecule has 0 saturated heterocycles. The van der Waals surface area contributed by atoms with Gasteiger partial charge in [0, 0.05) is 24.2 Å². The second kappa shape index (κ2) is 5.33. The molecule has 18 heavy (non-hydrogen) atoms. The van der Waals surface area contributed by atoms with Crippen LogP contribution in [0.3, 0.4) is 0 Å². The first-order valence-corrected chi connectivity index (χ1v) is 6.12. The van der Waals surface area contributed by atoms with E-state index in [1.807, 2.05) is 26.8 Å². The largest absolute Gasteiger partial charge is 0.369 e. The Morgan fingerprint density at radius 2 is 2.06 bits per heavy atom. The zero-order chi connectivity index (χ0) is 13.9. The van der Waals surface area contributed by atoms with E-state index in [9.17, 15) is 4.79 Å². The van der Waals surface area contributed by atoms with Crippen LogP contribution in [0.2, 0.25) is 0 Å². The first kappa shape index (κ1) is 14.4. The molecule has 5 nitrogen and oxygen atoms in total. The van der Waals surface area contributed by atoms with Gasteiger partial charge in [-0.25, -0.2) is 9.97 Å². The highest BCUT2D eigenvalue weighted by Crippen LogP contribution is 2.17. The molecule has 0 spiro atoms. The smallest absolute Gasteiger partial charge is 0.224 e. The molecule has 5 heteroatoms. The van der Waals surface area contributed by atoms with Crippen LogP contribution in [0.25, 0.3) is 0 Å². The quantitative estimate of drug-likeness (QED) is 0.835. The molecule has 0 aliphatic rings. The molecule has 0 fully saturated rings. The second-order valence-corrected chi connectivity index (χ2v) is 5.51. The fourth-order valence-electron chi connectivity index (χ4n) is 1.34. The highest BCUT2D eigenvalue weighted by atomic mass is 16.1. The lowest BCUT2D eigenvalue weighted by Crippen LogP contribution is -2.37. The molecular weight excluding hydrogens is 228 g/mol. The summed E-state index contributed by atoms with van der Waals surface area (Å²) in [5.74, 6) is 1.48. The number of rotatable bonds is 5. The third-order valence-electron chi connectivity index (χ3n) is 2.77. The van der Waals surface area contributed by atoms with Gasteiger partial charge in [0.2, 0.25) is 5.91 Å². The Hall–Kier alpha value is -1.65. The Labute approximate surface area is 108 Å². The minimum atomic E-state index is -0.600. The van der Waals surface area contributed by atoms with E-state index in [0.717, 1.165) is 17.3 Å². The summed E-state index contributed by atoms with van der Waals surface area (Å²) in [5.41, 5.74) is 5.64. The van der Waals surface area contributed by atoms with Gasteiger partial charge in [-0.2, -0.15) is 0 Å². The normalized spacial score (nSPS) is 11.7. The number of aryl methyl sites for hydroxylation is 1. The van der Waals surface area contributed by atoms with Crippen molar-refractivity contribution in [3.05, 3.63) is 17.6 Å². The van der Waals surface area contributed by atoms with Crippen molar-refractivity contribution in [2.24, 2.45) is 11.1 Å². The van der Waals surface area contributed by atoms with Gasteiger partial charge in [-0.1, -0.05) is 13.8 Å². The Balaban J connectivity index is 2.82. The van der Waals surface area contributed by atoms with E-state index < -0.39 is 5.41 Å². The van der Waals surface area contributed by atoms with E-state index in [2.05, 4.69) is 15.3 Å². The molecule has 1 aromatic rings. The molecular formula is C13H22N4O. The molecule has 0 bridgehead atoms. The molecule has 1 heterocycles. The van der Waals surface area contributed by atoms with Gasteiger partial charge >= 0.3 is 0 Å². The molecule has 100 valence electrons. The van der Waals surface area contributed by atoms with Gasteiger partial charge in [-0.15, -0.1) is 0 Å². The third-order valence-corrected chi connectivity index (χ3v) is 2.77. The molecule has 0 atom stereocenters. The number of amides is 1. The summed E-state index contributed by atoms with van der Waals surface area (Å²) in [6.45, 7) is 10.1. The van der Waals surface area contributed by atoms with Crippen molar-refractivity contribution < 1.29 is 4.79 Å². The minimum absolute atomic E-state index is 0.273. The predicted octanol–water partition coefficient (Wildman–Crippen LogP) is 1.83. The molecule has 0 aliphatic heterocycles. The second-order valence-electron chi connectivity index (χ2n) is 5.51. The van der Waals surface area contributed by atoms with Gasteiger partial charge < -0.3 is 11.1 Å². The number of primary amides is 1. The number of nitrogens with two attached hydrogens (primary N) is 1. The summed E-state index contributed by atoms with van der Waals surface area (Å²) in [5, 5.41) is 3.15. The topological polar surface area (TPSA) is 80.9 Å². The minimum Gasteiger partial charge on any atom is -0.369 e. The van der Waals surface area contributed by atoms with Gasteiger partial charge in [0.1, 0.15) is 11.6 Å². The van der Waals surface area contributed by atoms with Crippen molar-refractivity contribution in [3.8, 4) is 0 Å². The predicted molar refractivity (Wildman–Crippen MR) is 72.3 cm³/mol. The number of carbonyl (C=O) groups excluding carboxylic acids is 1. The van der Waals surface area contributed by atoms with Gasteiger partial charge in [-0.3, -0.25) is 4.79 Å². The summed E-state index contributed by atoms with van der Waals surface area (Å²) in [6.07, 6.45) is 0. The average Bonchev–Trinajstić information content (AvgIpc) is 2.25. The number of aromatic nitrogens is 2. The Morgan fingerprint density at radius 3 is 2.56 bits per heavy atom. The molecule has 1 rings (SSSR count). The average molecular weight is 250 g/mol. The van der Waals surface area contributed by atoms with Gasteiger partial charge in [0.05, 0.1) is 5.41 Å². The molecule has 0 unspecified atom stereocenters. The maximum absolute atomic E-state index is 11.2. The summed E-state index contributed by atoms with van der Waals surface area (Å²) < 4.78 is 0. The van der Waals surface area contributed by atoms with Crippen LogP contribution in [0, 0.1) is 12.3 Å². The zero-order valence-electron chi connectivity index (χ0n) is 11.7. The lowest BCUT2D eigenvalue weighted by Gasteiger charge is -2.21. The first-order valence-electron chi connectivity index (χ1n) is 6.12. The SMILES string of the molecule is Cc1cc(NCC(C)(C)C(N)=O)nc(C(C)C)n1. The van der Waals surface area contributed by atoms with E-state index >= 15 is 0 Å². The molecule has 0 aliphatic carbocycles. The number of anilines is 1. The van der Waals surface area contributed by atoms with Crippen molar-refractivity contribution >= 4 is 11.7 Å². The lowest BCUT2D eigenvalue weighted by molar-refractivity contribution is -0.125. The molecule has 3 N–H and O–H groups in total. The Bertz CT molecular complexity index is 441. The lowest BCUT2D eigenvalue weighted by atomic mass is 9.93. The van der Waals surface area contributed by atoms with E-state index in [1.165, 1.54) is 0 Å². The summed E-state index contributed by atoms with van der Waals surface area (Å²) in [6, 6.07) is 1.86. The van der Waals surface area contributed by atoms with Gasteiger partial charge in [-0.05, 0) is 20.8 Å². The van der Waals surface area contributed by atoms with Crippen LogP contribution in [0.4, 0.5) is 5.82 Å². The summed E-state index contributed by atoms with van der Waals surface area (Å²) in [4.78, 5) is 20.0. The van der Waals surface area contributed by atoms with Crippen LogP contribution in [0.5, 0.6) is 0 Å². The standard InChI is InChI=1S/C13H22N4O/c1-8(2)11-16-9(3)6-10(17-11)15-7-13(4,5)12(14)18/h6,8H,7H2,1-5H3,(H2,14,18)(H,15,16,17). The summed E-state index contributed by atoms with van der Waals surface area (Å²) >= 11 is 0. The number of carbonyl (C=O) groups is 1. The van der Waals surface area contributed by atoms with Crippen LogP contribution in [0.1, 0.15) is 45.1 Å². The van der Waals surface area contributed by atoms with Crippen LogP contribution < -0.4 is 11.1 Å². The van der Waals surface area contributed by atoms with Gasteiger partial charge in [0.25, 0.3) is 0 Å². The van der Waals surface area contributed by atoms with Crippen LogP contribution >= 0.6 is 0 Å². The fourth-order valence-corrected chi connectivity index (χ4v) is 1.34. The van der Waals surface area contributed by atoms with Crippen LogP contribution in [-0.2, 0) is 4.79 Å². The molecule has 0 aromatic carbocycles. The van der Waals surface area contributed by atoms with Crippen molar-refractivity contribution in [1.29, 1.82) is 0 Å². The molecule has 1 aromatic heterocycles. The van der Waals surface area contributed by atoms with Crippen molar-refractivity contribution in [3.63, 3.8) is 0 Å². The van der Waals surface area contributed by atoms with Crippen molar-refractivity contribution in [2.75, 3.05) is 11.9 Å².